The van der Waals surface area contributed by atoms with E-state index >= 15 is 0 Å². The number of methoxy groups -OCH3 is 2. The number of nitrogens with one attached hydrogen (secondary N) is 1. The smallest absolute Gasteiger partial charge is 0.227 e. The Labute approximate surface area is 109 Å². The van der Waals surface area contributed by atoms with E-state index in [0.717, 1.165) is 12.8 Å². The lowest BCUT2D eigenvalue weighted by atomic mass is 9.88. The lowest BCUT2D eigenvalue weighted by Gasteiger charge is -2.28. The SMILES string of the molecule is COCCN(CCOC)C(=O)C1CC2CCC1N2. The molecule has 2 saturated heterocycles. The van der Waals surface area contributed by atoms with Gasteiger partial charge < -0.3 is 19.7 Å². The van der Waals surface area contributed by atoms with Gasteiger partial charge in [0.25, 0.3) is 0 Å². The molecule has 0 spiro atoms. The summed E-state index contributed by atoms with van der Waals surface area (Å²) in [5.74, 6) is 0.432. The van der Waals surface area contributed by atoms with E-state index in [4.69, 9.17) is 9.47 Å². The van der Waals surface area contributed by atoms with Gasteiger partial charge in [-0.2, -0.15) is 0 Å². The van der Waals surface area contributed by atoms with E-state index < -0.39 is 0 Å². The number of ether oxygens (including phenoxy) is 2. The molecule has 2 rings (SSSR count). The van der Waals surface area contributed by atoms with Crippen LogP contribution in [0.4, 0.5) is 0 Å². The topological polar surface area (TPSA) is 50.8 Å². The fourth-order valence-electron chi connectivity index (χ4n) is 3.07. The predicted octanol–water partition coefficient (Wildman–Crippen LogP) is 0.248. The highest BCUT2D eigenvalue weighted by Gasteiger charge is 2.43. The molecule has 5 heteroatoms. The minimum Gasteiger partial charge on any atom is -0.383 e. The van der Waals surface area contributed by atoms with Crippen molar-refractivity contribution in [2.45, 2.75) is 31.3 Å². The molecular weight excluding hydrogens is 232 g/mol. The van der Waals surface area contributed by atoms with Gasteiger partial charge >= 0.3 is 0 Å². The summed E-state index contributed by atoms with van der Waals surface area (Å²) in [4.78, 5) is 14.4. The number of amides is 1. The summed E-state index contributed by atoms with van der Waals surface area (Å²) < 4.78 is 10.2. The fraction of sp³-hybridized carbons (Fsp3) is 0.923. The molecule has 0 aromatic carbocycles. The van der Waals surface area contributed by atoms with Crippen LogP contribution in [0, 0.1) is 5.92 Å². The highest BCUT2D eigenvalue weighted by molar-refractivity contribution is 5.80. The van der Waals surface area contributed by atoms with Crippen molar-refractivity contribution < 1.29 is 14.3 Å². The molecule has 2 aliphatic heterocycles. The zero-order valence-corrected chi connectivity index (χ0v) is 11.4. The lowest BCUT2D eigenvalue weighted by molar-refractivity contribution is -0.137. The van der Waals surface area contributed by atoms with Gasteiger partial charge in [0.1, 0.15) is 0 Å². The van der Waals surface area contributed by atoms with Crippen LogP contribution in [0.1, 0.15) is 19.3 Å². The van der Waals surface area contributed by atoms with E-state index in [0.29, 0.717) is 38.4 Å². The summed E-state index contributed by atoms with van der Waals surface area (Å²) in [7, 11) is 3.33. The molecule has 18 heavy (non-hydrogen) atoms. The molecule has 2 fully saturated rings. The molecule has 0 aromatic heterocycles. The summed E-state index contributed by atoms with van der Waals surface area (Å²) in [6.45, 7) is 2.49. The molecule has 0 aliphatic carbocycles. The quantitative estimate of drug-likeness (QED) is 0.709. The average Bonchev–Trinajstić information content (AvgIpc) is 3.00. The molecule has 0 aromatic rings. The summed E-state index contributed by atoms with van der Waals surface area (Å²) in [5, 5.41) is 3.52. The van der Waals surface area contributed by atoms with Crippen LogP contribution in [-0.4, -0.2) is 63.4 Å². The van der Waals surface area contributed by atoms with Crippen molar-refractivity contribution in [1.29, 1.82) is 0 Å². The van der Waals surface area contributed by atoms with E-state index in [9.17, 15) is 4.79 Å². The number of hydrogen-bond donors (Lipinski definition) is 1. The molecule has 2 heterocycles. The molecule has 2 aliphatic rings. The average molecular weight is 256 g/mol. The van der Waals surface area contributed by atoms with Gasteiger partial charge in [0.2, 0.25) is 5.91 Å². The van der Waals surface area contributed by atoms with E-state index in [-0.39, 0.29) is 11.8 Å². The van der Waals surface area contributed by atoms with Gasteiger partial charge in [-0.3, -0.25) is 4.79 Å². The minimum atomic E-state index is 0.164. The van der Waals surface area contributed by atoms with Gasteiger partial charge in [-0.05, 0) is 19.3 Å². The Balaban J connectivity index is 1.89. The molecule has 3 unspecified atom stereocenters. The van der Waals surface area contributed by atoms with Crippen molar-refractivity contribution in [2.24, 2.45) is 5.92 Å². The van der Waals surface area contributed by atoms with Crippen LogP contribution in [0.2, 0.25) is 0 Å². The van der Waals surface area contributed by atoms with E-state index in [1.165, 1.54) is 6.42 Å². The first-order valence-corrected chi connectivity index (χ1v) is 6.79. The molecule has 0 saturated carbocycles. The van der Waals surface area contributed by atoms with Crippen LogP contribution in [0.5, 0.6) is 0 Å². The Bertz CT molecular complexity index is 277. The van der Waals surface area contributed by atoms with Crippen molar-refractivity contribution in [3.63, 3.8) is 0 Å². The second-order valence-electron chi connectivity index (χ2n) is 5.20. The number of nitrogens with zero attached hydrogens (tertiary/aromatic N) is 1. The van der Waals surface area contributed by atoms with Gasteiger partial charge in [0.05, 0.1) is 19.1 Å². The molecule has 1 N–H and O–H groups in total. The maximum Gasteiger partial charge on any atom is 0.227 e. The number of rotatable bonds is 7. The van der Waals surface area contributed by atoms with Crippen LogP contribution in [-0.2, 0) is 14.3 Å². The van der Waals surface area contributed by atoms with Gasteiger partial charge in [-0.1, -0.05) is 0 Å². The van der Waals surface area contributed by atoms with E-state index in [1.54, 1.807) is 14.2 Å². The number of carbonyl (C=O) groups is 1. The fourth-order valence-corrected chi connectivity index (χ4v) is 3.07. The van der Waals surface area contributed by atoms with Crippen LogP contribution in [0.3, 0.4) is 0 Å². The monoisotopic (exact) mass is 256 g/mol. The third kappa shape index (κ3) is 3.02. The molecule has 5 nitrogen and oxygen atoms in total. The number of hydrogen-bond acceptors (Lipinski definition) is 4. The number of carbonyl (C=O) groups excluding carboxylic acids is 1. The lowest BCUT2D eigenvalue weighted by Crippen LogP contribution is -2.43. The molecule has 0 radical (unpaired) electrons. The molecule has 3 atom stereocenters. The number of fused-ring (bicyclic) bond motifs is 2. The maximum absolute atomic E-state index is 12.5. The molecule has 1 amide bonds. The van der Waals surface area contributed by atoms with Crippen molar-refractivity contribution in [3.8, 4) is 0 Å². The van der Waals surface area contributed by atoms with Crippen molar-refractivity contribution in [1.82, 2.24) is 10.2 Å². The second-order valence-corrected chi connectivity index (χ2v) is 5.20. The van der Waals surface area contributed by atoms with Gasteiger partial charge in [-0.15, -0.1) is 0 Å². The van der Waals surface area contributed by atoms with Crippen molar-refractivity contribution >= 4 is 5.91 Å². The Morgan fingerprint density at radius 1 is 1.22 bits per heavy atom. The van der Waals surface area contributed by atoms with Crippen molar-refractivity contribution in [3.05, 3.63) is 0 Å². The molecule has 2 bridgehead atoms. The normalized spacial score (nSPS) is 29.8. The van der Waals surface area contributed by atoms with Crippen molar-refractivity contribution in [2.75, 3.05) is 40.5 Å². The summed E-state index contributed by atoms with van der Waals surface area (Å²) in [5.41, 5.74) is 0. The highest BCUT2D eigenvalue weighted by atomic mass is 16.5. The van der Waals surface area contributed by atoms with E-state index in [2.05, 4.69) is 5.32 Å². The Morgan fingerprint density at radius 3 is 2.33 bits per heavy atom. The first-order valence-electron chi connectivity index (χ1n) is 6.79. The Hall–Kier alpha value is -0.650. The second kappa shape index (κ2) is 6.50. The standard InChI is InChI=1S/C13H24N2O3/c1-17-7-5-15(6-8-18-2)13(16)11-9-10-3-4-12(11)14-10/h10-12,14H,3-9H2,1-2H3. The first-order chi connectivity index (χ1) is 8.76. The predicted molar refractivity (Wildman–Crippen MR) is 68.4 cm³/mol. The van der Waals surface area contributed by atoms with Crippen LogP contribution >= 0.6 is 0 Å². The summed E-state index contributed by atoms with van der Waals surface area (Å²) in [6.07, 6.45) is 3.37. The van der Waals surface area contributed by atoms with E-state index in [1.807, 2.05) is 4.90 Å². The largest absolute Gasteiger partial charge is 0.383 e. The zero-order chi connectivity index (χ0) is 13.0. The van der Waals surface area contributed by atoms with Gasteiger partial charge in [0, 0.05) is 39.4 Å². The van der Waals surface area contributed by atoms with Crippen LogP contribution in [0.25, 0.3) is 0 Å². The van der Waals surface area contributed by atoms with Crippen LogP contribution < -0.4 is 5.32 Å². The summed E-state index contributed by atoms with van der Waals surface area (Å²) >= 11 is 0. The maximum atomic E-state index is 12.5. The molecule has 104 valence electrons. The Kier molecular flexibility index (Phi) is 4.97. The van der Waals surface area contributed by atoms with Gasteiger partial charge in [0.15, 0.2) is 0 Å². The van der Waals surface area contributed by atoms with Crippen LogP contribution in [0.15, 0.2) is 0 Å². The Morgan fingerprint density at radius 2 is 1.89 bits per heavy atom. The highest BCUT2D eigenvalue weighted by Crippen LogP contribution is 2.34. The third-order valence-corrected chi connectivity index (χ3v) is 4.06. The minimum absolute atomic E-state index is 0.164. The zero-order valence-electron chi connectivity index (χ0n) is 11.4. The third-order valence-electron chi connectivity index (χ3n) is 4.06. The summed E-state index contributed by atoms with van der Waals surface area (Å²) in [6, 6.07) is 0.964. The first kappa shape index (κ1) is 13.8. The van der Waals surface area contributed by atoms with Gasteiger partial charge in [-0.25, -0.2) is 0 Å². The molecular formula is C13H24N2O3.